The number of allylic oxidation sites excluding steroid dienone is 1. The minimum atomic E-state index is -0.494. The van der Waals surface area contributed by atoms with Crippen molar-refractivity contribution < 1.29 is 9.72 Å². The molecule has 0 amide bonds. The van der Waals surface area contributed by atoms with Crippen molar-refractivity contribution in [2.24, 2.45) is 0 Å². The minimum absolute atomic E-state index is 0.0301. The number of ketones is 1. The SMILES string of the molecule is O=C(/C=C\c1cccc(Br)c1)c1ccc([N+](=O)[O-])cc1. The van der Waals surface area contributed by atoms with Crippen molar-refractivity contribution in [1.29, 1.82) is 0 Å². The topological polar surface area (TPSA) is 60.2 Å². The lowest BCUT2D eigenvalue weighted by Crippen LogP contribution is -1.95. The zero-order chi connectivity index (χ0) is 14.5. The predicted molar refractivity (Wildman–Crippen MR) is 80.6 cm³/mol. The van der Waals surface area contributed by atoms with Gasteiger partial charge < -0.3 is 0 Å². The van der Waals surface area contributed by atoms with Crippen molar-refractivity contribution >= 4 is 33.5 Å². The van der Waals surface area contributed by atoms with Gasteiger partial charge in [-0.25, -0.2) is 0 Å². The maximum Gasteiger partial charge on any atom is 0.269 e. The first-order chi connectivity index (χ1) is 9.56. The number of non-ortho nitro benzene ring substituents is 1. The summed E-state index contributed by atoms with van der Waals surface area (Å²) in [6.45, 7) is 0. The van der Waals surface area contributed by atoms with Gasteiger partial charge in [-0.3, -0.25) is 14.9 Å². The van der Waals surface area contributed by atoms with E-state index in [0.717, 1.165) is 10.0 Å². The quantitative estimate of drug-likeness (QED) is 0.364. The average Bonchev–Trinajstić information content (AvgIpc) is 2.45. The van der Waals surface area contributed by atoms with Gasteiger partial charge in [0.05, 0.1) is 4.92 Å². The molecule has 4 nitrogen and oxygen atoms in total. The molecule has 2 aromatic carbocycles. The fourth-order valence-electron chi connectivity index (χ4n) is 1.63. The molecule has 0 bridgehead atoms. The summed E-state index contributed by atoms with van der Waals surface area (Å²) in [5.41, 5.74) is 1.29. The number of nitro benzene ring substituents is 1. The number of carbonyl (C=O) groups is 1. The first-order valence-electron chi connectivity index (χ1n) is 5.79. The second-order valence-corrected chi connectivity index (χ2v) is 4.97. The van der Waals surface area contributed by atoms with E-state index in [4.69, 9.17) is 0 Å². The van der Waals surface area contributed by atoms with Crippen molar-refractivity contribution in [3.8, 4) is 0 Å². The monoisotopic (exact) mass is 331 g/mol. The molecule has 0 aliphatic rings. The number of rotatable bonds is 4. The van der Waals surface area contributed by atoms with Gasteiger partial charge in [-0.2, -0.15) is 0 Å². The van der Waals surface area contributed by atoms with E-state index >= 15 is 0 Å². The molecular weight excluding hydrogens is 322 g/mol. The van der Waals surface area contributed by atoms with Crippen LogP contribution in [0.4, 0.5) is 5.69 Å². The number of hydrogen-bond donors (Lipinski definition) is 0. The third kappa shape index (κ3) is 3.61. The number of halogens is 1. The standard InChI is InChI=1S/C15H10BrNO3/c16-13-3-1-2-11(10-13)4-9-15(18)12-5-7-14(8-6-12)17(19)20/h1-10H/b9-4-. The highest BCUT2D eigenvalue weighted by atomic mass is 79.9. The number of carbonyl (C=O) groups excluding carboxylic acids is 1. The molecule has 0 aliphatic carbocycles. The smallest absolute Gasteiger partial charge is 0.269 e. The maximum absolute atomic E-state index is 11.9. The number of hydrogen-bond acceptors (Lipinski definition) is 3. The van der Waals surface area contributed by atoms with Gasteiger partial charge in [0.25, 0.3) is 5.69 Å². The summed E-state index contributed by atoms with van der Waals surface area (Å²) < 4.78 is 0.933. The molecule has 0 spiro atoms. The van der Waals surface area contributed by atoms with Crippen LogP contribution in [0.5, 0.6) is 0 Å². The van der Waals surface area contributed by atoms with Gasteiger partial charge in [0.15, 0.2) is 5.78 Å². The third-order valence-electron chi connectivity index (χ3n) is 2.64. The van der Waals surface area contributed by atoms with Gasteiger partial charge in [-0.15, -0.1) is 0 Å². The van der Waals surface area contributed by atoms with Crippen molar-refractivity contribution in [2.45, 2.75) is 0 Å². The molecule has 2 rings (SSSR count). The normalized spacial score (nSPS) is 10.7. The van der Waals surface area contributed by atoms with Crippen LogP contribution >= 0.6 is 15.9 Å². The lowest BCUT2D eigenvalue weighted by molar-refractivity contribution is -0.384. The Hall–Kier alpha value is -2.27. The largest absolute Gasteiger partial charge is 0.289 e. The molecule has 100 valence electrons. The molecule has 0 radical (unpaired) electrons. The van der Waals surface area contributed by atoms with Gasteiger partial charge in [-0.05, 0) is 35.9 Å². The van der Waals surface area contributed by atoms with Gasteiger partial charge >= 0.3 is 0 Å². The van der Waals surface area contributed by atoms with E-state index in [2.05, 4.69) is 15.9 Å². The zero-order valence-corrected chi connectivity index (χ0v) is 11.9. The highest BCUT2D eigenvalue weighted by molar-refractivity contribution is 9.10. The highest BCUT2D eigenvalue weighted by Gasteiger charge is 2.07. The Morgan fingerprint density at radius 3 is 2.45 bits per heavy atom. The van der Waals surface area contributed by atoms with E-state index in [1.165, 1.54) is 30.3 Å². The summed E-state index contributed by atoms with van der Waals surface area (Å²) in [4.78, 5) is 21.9. The first kappa shape index (κ1) is 14.1. The molecule has 0 aromatic heterocycles. The Labute approximate surface area is 124 Å². The minimum Gasteiger partial charge on any atom is -0.289 e. The van der Waals surface area contributed by atoms with Crippen molar-refractivity contribution in [3.63, 3.8) is 0 Å². The zero-order valence-electron chi connectivity index (χ0n) is 10.3. The van der Waals surface area contributed by atoms with E-state index in [1.807, 2.05) is 24.3 Å². The Bertz CT molecular complexity index is 678. The van der Waals surface area contributed by atoms with Crippen LogP contribution < -0.4 is 0 Å². The van der Waals surface area contributed by atoms with E-state index in [1.54, 1.807) is 6.08 Å². The fourth-order valence-corrected chi connectivity index (χ4v) is 2.04. The molecule has 20 heavy (non-hydrogen) atoms. The van der Waals surface area contributed by atoms with Crippen molar-refractivity contribution in [1.82, 2.24) is 0 Å². The van der Waals surface area contributed by atoms with Crippen molar-refractivity contribution in [3.05, 3.63) is 80.3 Å². The van der Waals surface area contributed by atoms with E-state index in [-0.39, 0.29) is 11.5 Å². The molecule has 0 saturated heterocycles. The van der Waals surface area contributed by atoms with Crippen LogP contribution in [0.3, 0.4) is 0 Å². The fraction of sp³-hybridized carbons (Fsp3) is 0. The summed E-state index contributed by atoms with van der Waals surface area (Å²) in [5, 5.41) is 10.5. The summed E-state index contributed by atoms with van der Waals surface area (Å²) in [6, 6.07) is 13.1. The second kappa shape index (κ2) is 6.25. The number of nitro groups is 1. The van der Waals surface area contributed by atoms with Crippen LogP contribution in [-0.2, 0) is 0 Å². The summed E-state index contributed by atoms with van der Waals surface area (Å²) in [7, 11) is 0. The van der Waals surface area contributed by atoms with Crippen LogP contribution in [0.2, 0.25) is 0 Å². The van der Waals surface area contributed by atoms with Crippen LogP contribution in [0.1, 0.15) is 15.9 Å². The summed E-state index contributed by atoms with van der Waals surface area (Å²) in [5.74, 6) is -0.195. The second-order valence-electron chi connectivity index (χ2n) is 4.06. The van der Waals surface area contributed by atoms with Gasteiger partial charge in [-0.1, -0.05) is 34.1 Å². The van der Waals surface area contributed by atoms with E-state index in [0.29, 0.717) is 5.56 Å². The molecule has 0 saturated carbocycles. The molecule has 0 N–H and O–H groups in total. The molecule has 0 atom stereocenters. The highest BCUT2D eigenvalue weighted by Crippen LogP contribution is 2.15. The van der Waals surface area contributed by atoms with Gasteiger partial charge in [0, 0.05) is 22.2 Å². The molecule has 0 aliphatic heterocycles. The number of benzene rings is 2. The van der Waals surface area contributed by atoms with Crippen LogP contribution in [-0.4, -0.2) is 10.7 Å². The van der Waals surface area contributed by atoms with E-state index < -0.39 is 4.92 Å². The Morgan fingerprint density at radius 2 is 1.85 bits per heavy atom. The Morgan fingerprint density at radius 1 is 1.15 bits per heavy atom. The molecule has 0 fully saturated rings. The van der Waals surface area contributed by atoms with Crippen LogP contribution in [0, 0.1) is 10.1 Å². The van der Waals surface area contributed by atoms with Crippen LogP contribution in [0.25, 0.3) is 6.08 Å². The molecule has 0 unspecified atom stereocenters. The number of nitrogens with zero attached hydrogens (tertiary/aromatic N) is 1. The van der Waals surface area contributed by atoms with Gasteiger partial charge in [0.2, 0.25) is 0 Å². The van der Waals surface area contributed by atoms with E-state index in [9.17, 15) is 14.9 Å². The Kier molecular flexibility index (Phi) is 4.42. The van der Waals surface area contributed by atoms with Gasteiger partial charge in [0.1, 0.15) is 0 Å². The predicted octanol–water partition coefficient (Wildman–Crippen LogP) is 4.25. The van der Waals surface area contributed by atoms with Crippen molar-refractivity contribution in [2.75, 3.05) is 0 Å². The summed E-state index contributed by atoms with van der Waals surface area (Å²) in [6.07, 6.45) is 3.15. The molecular formula is C15H10BrNO3. The molecule has 2 aromatic rings. The average molecular weight is 332 g/mol. The van der Waals surface area contributed by atoms with Crippen LogP contribution in [0.15, 0.2) is 59.1 Å². The first-order valence-corrected chi connectivity index (χ1v) is 6.58. The third-order valence-corrected chi connectivity index (χ3v) is 3.13. The molecule has 0 heterocycles. The summed E-state index contributed by atoms with van der Waals surface area (Å²) >= 11 is 3.35. The Balaban J connectivity index is 2.13. The maximum atomic E-state index is 11.9. The molecule has 5 heteroatoms. The lowest BCUT2D eigenvalue weighted by Gasteiger charge is -1.97. The lowest BCUT2D eigenvalue weighted by atomic mass is 10.1.